The van der Waals surface area contributed by atoms with Crippen molar-refractivity contribution in [2.24, 2.45) is 4.99 Å². The minimum absolute atomic E-state index is 0.0677. The van der Waals surface area contributed by atoms with Crippen molar-refractivity contribution >= 4 is 46.6 Å². The molecule has 232 valence electrons. The minimum atomic E-state index is -0.848. The van der Waals surface area contributed by atoms with Crippen LogP contribution in [-0.2, 0) is 22.7 Å². The highest BCUT2D eigenvalue weighted by atomic mass is 35.5. The molecule has 0 spiro atoms. The molecule has 7 nitrogen and oxygen atoms in total. The number of aromatic nitrogens is 1. The first kappa shape index (κ1) is 31.4. The maximum Gasteiger partial charge on any atom is 0.338 e. The molecule has 2 heterocycles. The van der Waals surface area contributed by atoms with E-state index in [2.05, 4.69) is 0 Å². The predicted octanol–water partition coefficient (Wildman–Crippen LogP) is 6.87. The molecule has 10 heteroatoms. The number of benzene rings is 4. The van der Waals surface area contributed by atoms with Crippen molar-refractivity contribution in [1.82, 2.24) is 4.57 Å². The van der Waals surface area contributed by atoms with Crippen LogP contribution in [0.15, 0.2) is 118 Å². The Morgan fingerprint density at radius 2 is 1.61 bits per heavy atom. The molecule has 1 atom stereocenters. The molecule has 46 heavy (non-hydrogen) atoms. The summed E-state index contributed by atoms with van der Waals surface area (Å²) in [7, 11) is 1.55. The Labute approximate surface area is 279 Å². The molecule has 1 aliphatic heterocycles. The second-order valence-corrected chi connectivity index (χ2v) is 12.3. The van der Waals surface area contributed by atoms with E-state index in [1.165, 1.54) is 15.9 Å². The van der Waals surface area contributed by atoms with Gasteiger partial charge in [-0.25, -0.2) is 9.79 Å². The number of ether oxygens (including phenoxy) is 3. The standard InChI is InChI=1S/C36H28Cl2N2O5S/c1-22-32(35(42)45-21-24-11-7-4-8-12-24)33(26-14-16-29(30(17-26)43-2)44-20-23-9-5-3-6-10-23)40-34(41)31(46-36(40)39-22)18-25-13-15-27(37)19-28(25)38/h3-19,33H,20-21H2,1-2H3. The van der Waals surface area contributed by atoms with Crippen LogP contribution in [0.25, 0.3) is 6.08 Å². The lowest BCUT2D eigenvalue weighted by molar-refractivity contribution is -0.140. The molecule has 0 amide bonds. The average Bonchev–Trinajstić information content (AvgIpc) is 3.37. The number of carbonyl (C=O) groups is 1. The topological polar surface area (TPSA) is 79.1 Å². The van der Waals surface area contributed by atoms with Gasteiger partial charge < -0.3 is 14.2 Å². The molecular formula is C36H28Cl2N2O5S. The van der Waals surface area contributed by atoms with Crippen molar-refractivity contribution < 1.29 is 19.0 Å². The molecule has 1 aromatic heterocycles. The summed E-state index contributed by atoms with van der Waals surface area (Å²) in [5, 5.41) is 0.898. The summed E-state index contributed by atoms with van der Waals surface area (Å²) < 4.78 is 19.5. The molecule has 1 unspecified atom stereocenters. The first-order valence-corrected chi connectivity index (χ1v) is 15.9. The van der Waals surface area contributed by atoms with Crippen LogP contribution in [0.1, 0.15) is 35.2 Å². The Hall–Kier alpha value is -4.63. The number of carbonyl (C=O) groups excluding carboxylic acids is 1. The summed E-state index contributed by atoms with van der Waals surface area (Å²) in [5.41, 5.74) is 3.47. The van der Waals surface area contributed by atoms with Crippen LogP contribution >= 0.6 is 34.5 Å². The monoisotopic (exact) mass is 670 g/mol. The van der Waals surface area contributed by atoms with E-state index in [1.54, 1.807) is 50.4 Å². The zero-order chi connectivity index (χ0) is 32.2. The summed E-state index contributed by atoms with van der Waals surface area (Å²) in [4.78, 5) is 33.0. The molecule has 0 fully saturated rings. The number of hydrogen-bond donors (Lipinski definition) is 0. The molecule has 1 aliphatic rings. The highest BCUT2D eigenvalue weighted by Gasteiger charge is 2.34. The van der Waals surface area contributed by atoms with Gasteiger partial charge in [0.15, 0.2) is 16.3 Å². The maximum atomic E-state index is 14.1. The van der Waals surface area contributed by atoms with Gasteiger partial charge in [0, 0.05) is 10.0 Å². The number of esters is 1. The van der Waals surface area contributed by atoms with E-state index in [4.69, 9.17) is 42.4 Å². The van der Waals surface area contributed by atoms with Gasteiger partial charge in [-0.1, -0.05) is 107 Å². The summed E-state index contributed by atoms with van der Waals surface area (Å²) in [6.07, 6.45) is 1.70. The fourth-order valence-electron chi connectivity index (χ4n) is 5.17. The van der Waals surface area contributed by atoms with Gasteiger partial charge in [-0.05, 0) is 59.5 Å². The van der Waals surface area contributed by atoms with E-state index in [0.29, 0.717) is 54.3 Å². The normalized spacial score (nSPS) is 14.4. The quantitative estimate of drug-likeness (QED) is 0.160. The van der Waals surface area contributed by atoms with Gasteiger partial charge >= 0.3 is 5.97 Å². The van der Waals surface area contributed by atoms with Crippen molar-refractivity contribution in [2.75, 3.05) is 7.11 Å². The minimum Gasteiger partial charge on any atom is -0.493 e. The Bertz CT molecular complexity index is 2130. The molecule has 4 aromatic carbocycles. The van der Waals surface area contributed by atoms with Crippen molar-refractivity contribution in [3.63, 3.8) is 0 Å². The third-order valence-electron chi connectivity index (χ3n) is 7.44. The summed E-state index contributed by atoms with van der Waals surface area (Å²) in [6.45, 7) is 2.15. The van der Waals surface area contributed by atoms with Gasteiger partial charge in [0.1, 0.15) is 13.2 Å². The summed E-state index contributed by atoms with van der Waals surface area (Å²) in [5.74, 6) is 0.400. The van der Waals surface area contributed by atoms with E-state index in [0.717, 1.165) is 11.1 Å². The molecule has 0 saturated heterocycles. The molecular weight excluding hydrogens is 643 g/mol. The number of halogens is 2. The second-order valence-electron chi connectivity index (χ2n) is 10.5. The molecule has 0 bridgehead atoms. The average molecular weight is 672 g/mol. The fraction of sp³-hybridized carbons (Fsp3) is 0.139. The molecule has 0 N–H and O–H groups in total. The van der Waals surface area contributed by atoms with Gasteiger partial charge in [0.2, 0.25) is 0 Å². The Kier molecular flexibility index (Phi) is 9.40. The third-order valence-corrected chi connectivity index (χ3v) is 8.99. The number of methoxy groups -OCH3 is 1. The third kappa shape index (κ3) is 6.65. The van der Waals surface area contributed by atoms with E-state index in [-0.39, 0.29) is 17.7 Å². The number of thiazole rings is 1. The maximum absolute atomic E-state index is 14.1. The number of fused-ring (bicyclic) bond motifs is 1. The first-order chi connectivity index (χ1) is 22.3. The van der Waals surface area contributed by atoms with Crippen LogP contribution in [0.5, 0.6) is 11.5 Å². The highest BCUT2D eigenvalue weighted by Crippen LogP contribution is 2.36. The van der Waals surface area contributed by atoms with Crippen LogP contribution in [0.2, 0.25) is 10.0 Å². The van der Waals surface area contributed by atoms with E-state index >= 15 is 0 Å². The van der Waals surface area contributed by atoms with Crippen molar-refractivity contribution in [3.05, 3.63) is 160 Å². The highest BCUT2D eigenvalue weighted by molar-refractivity contribution is 7.07. The van der Waals surface area contributed by atoms with Gasteiger partial charge in [-0.15, -0.1) is 0 Å². The van der Waals surface area contributed by atoms with Crippen LogP contribution in [0.4, 0.5) is 0 Å². The first-order valence-electron chi connectivity index (χ1n) is 14.4. The van der Waals surface area contributed by atoms with Gasteiger partial charge in [-0.3, -0.25) is 9.36 Å². The number of rotatable bonds is 9. The van der Waals surface area contributed by atoms with Gasteiger partial charge in [0.05, 0.1) is 29.0 Å². The zero-order valence-electron chi connectivity index (χ0n) is 24.9. The van der Waals surface area contributed by atoms with Crippen molar-refractivity contribution in [2.45, 2.75) is 26.2 Å². The summed E-state index contributed by atoms with van der Waals surface area (Å²) in [6, 6.07) is 28.8. The van der Waals surface area contributed by atoms with Crippen LogP contribution in [-0.4, -0.2) is 17.6 Å². The van der Waals surface area contributed by atoms with E-state index in [1.807, 2.05) is 66.7 Å². The summed E-state index contributed by atoms with van der Waals surface area (Å²) >= 11 is 13.7. The number of nitrogens with zero attached hydrogens (tertiary/aromatic N) is 2. The molecule has 0 saturated carbocycles. The molecule has 0 aliphatic carbocycles. The molecule has 5 aromatic rings. The smallest absolute Gasteiger partial charge is 0.338 e. The van der Waals surface area contributed by atoms with Gasteiger partial charge in [0.25, 0.3) is 5.56 Å². The lowest BCUT2D eigenvalue weighted by Crippen LogP contribution is -2.39. The molecule has 6 rings (SSSR count). The van der Waals surface area contributed by atoms with Gasteiger partial charge in [-0.2, -0.15) is 0 Å². The Morgan fingerprint density at radius 3 is 2.28 bits per heavy atom. The zero-order valence-corrected chi connectivity index (χ0v) is 27.2. The van der Waals surface area contributed by atoms with Crippen LogP contribution < -0.4 is 24.4 Å². The lowest BCUT2D eigenvalue weighted by Gasteiger charge is -2.25. The SMILES string of the molecule is COc1cc(C2C(C(=O)OCc3ccccc3)=C(C)N=c3sc(=Cc4ccc(Cl)cc4Cl)c(=O)n32)ccc1OCc1ccccc1. The predicted molar refractivity (Wildman–Crippen MR) is 180 cm³/mol. The van der Waals surface area contributed by atoms with Crippen LogP contribution in [0.3, 0.4) is 0 Å². The second kappa shape index (κ2) is 13.8. The molecule has 0 radical (unpaired) electrons. The Morgan fingerprint density at radius 1 is 0.913 bits per heavy atom. The van der Waals surface area contributed by atoms with E-state index in [9.17, 15) is 9.59 Å². The Balaban J connectivity index is 1.44. The van der Waals surface area contributed by atoms with Crippen molar-refractivity contribution in [3.8, 4) is 11.5 Å². The van der Waals surface area contributed by atoms with Crippen LogP contribution in [0, 0.1) is 0 Å². The van der Waals surface area contributed by atoms with Crippen molar-refractivity contribution in [1.29, 1.82) is 0 Å². The fourth-order valence-corrected chi connectivity index (χ4v) is 6.67. The van der Waals surface area contributed by atoms with E-state index < -0.39 is 12.0 Å². The number of hydrogen-bond acceptors (Lipinski definition) is 7. The number of allylic oxidation sites excluding steroid dienone is 1. The lowest BCUT2D eigenvalue weighted by atomic mass is 9.95. The largest absolute Gasteiger partial charge is 0.493 e.